The van der Waals surface area contributed by atoms with Crippen LogP contribution in [0.25, 0.3) is 21.0 Å². The van der Waals surface area contributed by atoms with Gasteiger partial charge in [-0.15, -0.1) is 11.3 Å². The lowest BCUT2D eigenvalue weighted by molar-refractivity contribution is 0.252. The SMILES string of the molecule is O=c1ccc2ccc(CCCCCN3CCN(c4cccc5sc(F)cc45)CC3)cc2[nH]1. The number of rotatable bonds is 7. The van der Waals surface area contributed by atoms with E-state index in [1.807, 2.05) is 18.2 Å². The molecule has 0 aliphatic carbocycles. The number of nitrogens with zero attached hydrogens (tertiary/aromatic N) is 2. The van der Waals surface area contributed by atoms with Gasteiger partial charge in [-0.05, 0) is 67.1 Å². The maximum Gasteiger partial charge on any atom is 0.248 e. The predicted molar refractivity (Wildman–Crippen MR) is 133 cm³/mol. The van der Waals surface area contributed by atoms with Gasteiger partial charge in [0.1, 0.15) is 0 Å². The number of anilines is 1. The summed E-state index contributed by atoms with van der Waals surface area (Å²) in [6.45, 7) is 5.23. The number of halogens is 1. The van der Waals surface area contributed by atoms with E-state index < -0.39 is 0 Å². The van der Waals surface area contributed by atoms with Crippen LogP contribution in [0.4, 0.5) is 10.1 Å². The van der Waals surface area contributed by atoms with Crippen molar-refractivity contribution in [1.29, 1.82) is 0 Å². The number of unbranched alkanes of at least 4 members (excludes halogenated alkanes) is 2. The number of hydrogen-bond donors (Lipinski definition) is 1. The Morgan fingerprint density at radius 3 is 2.66 bits per heavy atom. The fraction of sp³-hybridized carbons (Fsp3) is 0.346. The van der Waals surface area contributed by atoms with Crippen molar-refractivity contribution in [3.05, 3.63) is 75.6 Å². The first kappa shape index (κ1) is 21.2. The lowest BCUT2D eigenvalue weighted by Gasteiger charge is -2.36. The molecule has 0 atom stereocenters. The average molecular weight is 450 g/mol. The first-order valence-corrected chi connectivity index (χ1v) is 12.2. The minimum absolute atomic E-state index is 0.0473. The van der Waals surface area contributed by atoms with Gasteiger partial charge in [0.05, 0.1) is 0 Å². The number of aryl methyl sites for hydroxylation is 1. The molecule has 4 nitrogen and oxygen atoms in total. The number of thiophene rings is 1. The molecule has 1 N–H and O–H groups in total. The summed E-state index contributed by atoms with van der Waals surface area (Å²) in [7, 11) is 0. The second-order valence-corrected chi connectivity index (χ2v) is 9.66. The summed E-state index contributed by atoms with van der Waals surface area (Å²) in [4.78, 5) is 19.4. The zero-order chi connectivity index (χ0) is 21.9. The van der Waals surface area contributed by atoms with Crippen LogP contribution in [0.2, 0.25) is 0 Å². The standard InChI is InChI=1S/C26H28FN3OS/c27-25-18-21-23(6-4-7-24(21)32-25)30-15-13-29(14-16-30)12-3-1-2-5-19-8-9-20-10-11-26(31)28-22(20)17-19/h4,6-11,17-18H,1-3,5,12-16H2,(H,28,31). The molecule has 4 aromatic rings. The summed E-state index contributed by atoms with van der Waals surface area (Å²) in [5, 5.41) is 2.01. The highest BCUT2D eigenvalue weighted by molar-refractivity contribution is 7.17. The molecule has 166 valence electrons. The fourth-order valence-corrected chi connectivity index (χ4v) is 5.50. The third kappa shape index (κ3) is 4.71. The number of benzene rings is 2. The second-order valence-electron chi connectivity index (χ2n) is 8.62. The van der Waals surface area contributed by atoms with E-state index in [9.17, 15) is 9.18 Å². The monoisotopic (exact) mass is 449 g/mol. The maximum absolute atomic E-state index is 13.7. The van der Waals surface area contributed by atoms with Crippen molar-refractivity contribution >= 4 is 38.0 Å². The molecule has 1 aliphatic heterocycles. The summed E-state index contributed by atoms with van der Waals surface area (Å²) in [5.74, 6) is 0. The molecule has 3 heterocycles. The van der Waals surface area contributed by atoms with Gasteiger partial charge in [-0.3, -0.25) is 9.69 Å². The van der Waals surface area contributed by atoms with Gasteiger partial charge in [-0.25, -0.2) is 0 Å². The Labute approximate surface area is 191 Å². The first-order valence-electron chi connectivity index (χ1n) is 11.4. The van der Waals surface area contributed by atoms with Crippen LogP contribution in [0, 0.1) is 5.13 Å². The minimum Gasteiger partial charge on any atom is -0.368 e. The highest BCUT2D eigenvalue weighted by Gasteiger charge is 2.19. The van der Waals surface area contributed by atoms with Crippen molar-refractivity contribution < 1.29 is 4.39 Å². The molecule has 5 rings (SSSR count). The number of piperazine rings is 1. The molecule has 0 spiro atoms. The highest BCUT2D eigenvalue weighted by atomic mass is 32.1. The number of hydrogen-bond acceptors (Lipinski definition) is 4. The van der Waals surface area contributed by atoms with Crippen molar-refractivity contribution in [1.82, 2.24) is 9.88 Å². The van der Waals surface area contributed by atoms with Gasteiger partial charge in [-0.1, -0.05) is 24.6 Å². The zero-order valence-electron chi connectivity index (χ0n) is 18.1. The van der Waals surface area contributed by atoms with Crippen LogP contribution in [0.3, 0.4) is 0 Å². The van der Waals surface area contributed by atoms with Gasteiger partial charge in [0, 0.05) is 53.5 Å². The molecule has 0 bridgehead atoms. The van der Waals surface area contributed by atoms with Crippen molar-refractivity contribution in [2.45, 2.75) is 25.7 Å². The first-order chi connectivity index (χ1) is 15.7. The van der Waals surface area contributed by atoms with Crippen molar-refractivity contribution in [2.24, 2.45) is 0 Å². The number of H-pyrrole nitrogens is 1. The van der Waals surface area contributed by atoms with Crippen LogP contribution in [0.5, 0.6) is 0 Å². The van der Waals surface area contributed by atoms with Crippen molar-refractivity contribution in [3.63, 3.8) is 0 Å². The van der Waals surface area contributed by atoms with E-state index >= 15 is 0 Å². The van der Waals surface area contributed by atoms with Crippen LogP contribution in [-0.4, -0.2) is 42.6 Å². The summed E-state index contributed by atoms with van der Waals surface area (Å²) < 4.78 is 14.7. The topological polar surface area (TPSA) is 39.3 Å². The average Bonchev–Trinajstić information content (AvgIpc) is 3.19. The van der Waals surface area contributed by atoms with E-state index in [0.29, 0.717) is 0 Å². The van der Waals surface area contributed by atoms with Gasteiger partial charge >= 0.3 is 0 Å². The predicted octanol–water partition coefficient (Wildman–Crippen LogP) is 5.42. The van der Waals surface area contributed by atoms with Gasteiger partial charge < -0.3 is 9.88 Å². The minimum atomic E-state index is -0.108. The lowest BCUT2D eigenvalue weighted by atomic mass is 10.0. The quantitative estimate of drug-likeness (QED) is 0.383. The van der Waals surface area contributed by atoms with E-state index in [-0.39, 0.29) is 10.7 Å². The molecule has 32 heavy (non-hydrogen) atoms. The lowest BCUT2D eigenvalue weighted by Crippen LogP contribution is -2.46. The molecule has 2 aromatic carbocycles. The van der Waals surface area contributed by atoms with E-state index in [1.54, 1.807) is 12.1 Å². The van der Waals surface area contributed by atoms with E-state index in [2.05, 4.69) is 39.0 Å². The molecular formula is C26H28FN3OS. The Balaban J connectivity index is 1.06. The zero-order valence-corrected chi connectivity index (χ0v) is 19.0. The highest BCUT2D eigenvalue weighted by Crippen LogP contribution is 2.33. The van der Waals surface area contributed by atoms with Crippen LogP contribution in [0.1, 0.15) is 24.8 Å². The van der Waals surface area contributed by atoms with Gasteiger partial charge in [0.15, 0.2) is 5.13 Å². The van der Waals surface area contributed by atoms with Crippen LogP contribution < -0.4 is 10.5 Å². The number of aromatic nitrogens is 1. The third-order valence-corrected chi connectivity index (χ3v) is 7.34. The van der Waals surface area contributed by atoms with E-state index in [0.717, 1.165) is 66.6 Å². The van der Waals surface area contributed by atoms with Crippen LogP contribution in [0.15, 0.2) is 59.4 Å². The van der Waals surface area contributed by atoms with E-state index in [1.165, 1.54) is 35.4 Å². The van der Waals surface area contributed by atoms with Crippen LogP contribution in [-0.2, 0) is 6.42 Å². The molecule has 1 fully saturated rings. The molecule has 0 radical (unpaired) electrons. The molecule has 0 saturated carbocycles. The Morgan fingerprint density at radius 2 is 1.78 bits per heavy atom. The Hall–Kier alpha value is -2.70. The number of aromatic amines is 1. The number of fused-ring (bicyclic) bond motifs is 2. The summed E-state index contributed by atoms with van der Waals surface area (Å²) in [5.41, 5.74) is 3.33. The molecule has 0 unspecified atom stereocenters. The molecule has 0 amide bonds. The Bertz CT molecular complexity index is 1270. The molecule has 2 aromatic heterocycles. The Morgan fingerprint density at radius 1 is 0.938 bits per heavy atom. The Kier molecular flexibility index (Phi) is 6.23. The largest absolute Gasteiger partial charge is 0.368 e. The molecular weight excluding hydrogens is 421 g/mol. The van der Waals surface area contributed by atoms with Gasteiger partial charge in [0.2, 0.25) is 5.56 Å². The summed E-state index contributed by atoms with van der Waals surface area (Å²) in [6.07, 6.45) is 4.61. The van der Waals surface area contributed by atoms with Gasteiger partial charge in [0.25, 0.3) is 0 Å². The smallest absolute Gasteiger partial charge is 0.248 e. The summed E-state index contributed by atoms with van der Waals surface area (Å²) in [6, 6.07) is 17.6. The van der Waals surface area contributed by atoms with E-state index in [4.69, 9.17) is 0 Å². The number of nitrogens with one attached hydrogen (secondary N) is 1. The van der Waals surface area contributed by atoms with Crippen LogP contribution >= 0.6 is 11.3 Å². The van der Waals surface area contributed by atoms with Crippen molar-refractivity contribution in [2.75, 3.05) is 37.6 Å². The summed E-state index contributed by atoms with van der Waals surface area (Å²) >= 11 is 1.23. The molecule has 1 aliphatic rings. The third-order valence-electron chi connectivity index (χ3n) is 6.45. The normalized spacial score (nSPS) is 15.1. The van der Waals surface area contributed by atoms with Gasteiger partial charge in [-0.2, -0.15) is 4.39 Å². The number of pyridine rings is 1. The maximum atomic E-state index is 13.7. The fourth-order valence-electron chi connectivity index (χ4n) is 4.70. The van der Waals surface area contributed by atoms with Crippen molar-refractivity contribution in [3.8, 4) is 0 Å². The molecule has 6 heteroatoms. The second kappa shape index (κ2) is 9.43. The molecule has 1 saturated heterocycles.